The largest absolute Gasteiger partial charge is 0.497 e. The van der Waals surface area contributed by atoms with E-state index >= 15 is 0 Å². The monoisotopic (exact) mass is 329 g/mol. The molecule has 1 saturated heterocycles. The molecule has 0 amide bonds. The molecule has 0 aliphatic carbocycles. The number of methoxy groups -OCH3 is 1. The van der Waals surface area contributed by atoms with E-state index in [0.717, 1.165) is 56.0 Å². The minimum absolute atomic E-state index is 0.199. The maximum Gasteiger partial charge on any atom is 0.243 e. The van der Waals surface area contributed by atoms with E-state index in [4.69, 9.17) is 4.74 Å². The van der Waals surface area contributed by atoms with Crippen LogP contribution in [0.5, 0.6) is 5.75 Å². The number of aliphatic hydroxyl groups is 1. The van der Waals surface area contributed by atoms with E-state index in [1.165, 1.54) is 0 Å². The summed E-state index contributed by atoms with van der Waals surface area (Å²) in [6.45, 7) is 3.35. The van der Waals surface area contributed by atoms with Gasteiger partial charge in [-0.1, -0.05) is 0 Å². The molecule has 2 heterocycles. The van der Waals surface area contributed by atoms with E-state index in [-0.39, 0.29) is 6.10 Å². The first kappa shape index (κ1) is 16.6. The number of aliphatic hydroxyl groups excluding tert-OH is 1. The third-order valence-corrected chi connectivity index (χ3v) is 4.14. The van der Waals surface area contributed by atoms with Crippen molar-refractivity contribution in [3.05, 3.63) is 30.5 Å². The summed E-state index contributed by atoms with van der Waals surface area (Å²) in [5, 5.41) is 20.9. The summed E-state index contributed by atoms with van der Waals surface area (Å²) >= 11 is 0. The van der Waals surface area contributed by atoms with Crippen LogP contribution in [0.3, 0.4) is 0 Å². The van der Waals surface area contributed by atoms with Crippen LogP contribution < -0.4 is 10.1 Å². The number of anilines is 1. The van der Waals surface area contributed by atoms with Gasteiger partial charge in [0.05, 0.1) is 25.1 Å². The van der Waals surface area contributed by atoms with Crippen molar-refractivity contribution in [2.45, 2.75) is 18.9 Å². The lowest BCUT2D eigenvalue weighted by molar-refractivity contribution is 0.0730. The predicted octanol–water partition coefficient (Wildman–Crippen LogP) is 1.42. The van der Waals surface area contributed by atoms with Crippen molar-refractivity contribution in [1.29, 1.82) is 0 Å². The molecule has 1 fully saturated rings. The second-order valence-electron chi connectivity index (χ2n) is 5.92. The Morgan fingerprint density at radius 3 is 2.92 bits per heavy atom. The summed E-state index contributed by atoms with van der Waals surface area (Å²) in [6.07, 6.45) is 3.40. The summed E-state index contributed by atoms with van der Waals surface area (Å²) in [5.41, 5.74) is 1.73. The van der Waals surface area contributed by atoms with E-state index in [9.17, 15) is 5.11 Å². The van der Waals surface area contributed by atoms with Crippen LogP contribution in [-0.4, -0.2) is 64.6 Å². The van der Waals surface area contributed by atoms with Crippen molar-refractivity contribution < 1.29 is 9.84 Å². The highest BCUT2D eigenvalue weighted by molar-refractivity contribution is 5.60. The number of aromatic nitrogens is 3. The lowest BCUT2D eigenvalue weighted by Crippen LogP contribution is -2.40. The van der Waals surface area contributed by atoms with Gasteiger partial charge in [0, 0.05) is 25.2 Å². The van der Waals surface area contributed by atoms with E-state index in [1.807, 2.05) is 24.3 Å². The van der Waals surface area contributed by atoms with Gasteiger partial charge in [0.25, 0.3) is 0 Å². The average molecular weight is 329 g/mol. The van der Waals surface area contributed by atoms with Crippen LogP contribution >= 0.6 is 0 Å². The molecule has 0 saturated carbocycles. The number of ether oxygens (including phenoxy) is 1. The first-order chi connectivity index (χ1) is 11.7. The minimum Gasteiger partial charge on any atom is -0.497 e. The van der Waals surface area contributed by atoms with Crippen LogP contribution in [0.1, 0.15) is 12.8 Å². The molecule has 2 N–H and O–H groups in total. The molecule has 3 rings (SSSR count). The SMILES string of the molecule is COc1ccc(-c2cnnc(NCCN3CCCC(O)C3)n2)cc1. The normalized spacial score (nSPS) is 18.3. The first-order valence-electron chi connectivity index (χ1n) is 8.23. The van der Waals surface area contributed by atoms with Gasteiger partial charge in [-0.2, -0.15) is 5.10 Å². The van der Waals surface area contributed by atoms with Crippen molar-refractivity contribution in [2.24, 2.45) is 0 Å². The number of nitrogens with zero attached hydrogens (tertiary/aromatic N) is 4. The number of benzene rings is 1. The average Bonchev–Trinajstić information content (AvgIpc) is 2.62. The van der Waals surface area contributed by atoms with Gasteiger partial charge < -0.3 is 15.2 Å². The molecule has 1 aliphatic rings. The molecule has 1 unspecified atom stereocenters. The van der Waals surface area contributed by atoms with Crippen molar-refractivity contribution >= 4 is 5.95 Å². The number of hydrogen-bond acceptors (Lipinski definition) is 7. The Labute approximate surface area is 141 Å². The fourth-order valence-corrected chi connectivity index (χ4v) is 2.84. The van der Waals surface area contributed by atoms with E-state index in [2.05, 4.69) is 25.4 Å². The fraction of sp³-hybridized carbons (Fsp3) is 0.471. The summed E-state index contributed by atoms with van der Waals surface area (Å²) in [5.74, 6) is 1.32. The number of β-amino-alcohol motifs (C(OH)–C–C–N with tert-alkyl or cyclic N) is 1. The topological polar surface area (TPSA) is 83.4 Å². The van der Waals surface area contributed by atoms with Crippen molar-refractivity contribution in [3.8, 4) is 17.0 Å². The van der Waals surface area contributed by atoms with Gasteiger partial charge >= 0.3 is 0 Å². The third kappa shape index (κ3) is 4.39. The molecular formula is C17H23N5O2. The van der Waals surface area contributed by atoms with Crippen LogP contribution in [0.25, 0.3) is 11.3 Å². The number of rotatable bonds is 6. The number of likely N-dealkylation sites (tertiary alicyclic amines) is 1. The highest BCUT2D eigenvalue weighted by Gasteiger charge is 2.16. The number of piperidine rings is 1. The zero-order chi connectivity index (χ0) is 16.8. The molecule has 1 atom stereocenters. The fourth-order valence-electron chi connectivity index (χ4n) is 2.84. The van der Waals surface area contributed by atoms with Crippen LogP contribution in [0.15, 0.2) is 30.5 Å². The Morgan fingerprint density at radius 1 is 1.33 bits per heavy atom. The molecule has 1 aliphatic heterocycles. The lowest BCUT2D eigenvalue weighted by atomic mass is 10.1. The Kier molecular flexibility index (Phi) is 5.55. The van der Waals surface area contributed by atoms with Crippen molar-refractivity contribution in [3.63, 3.8) is 0 Å². The standard InChI is InChI=1S/C17H23N5O2/c1-24-15-6-4-13(5-7-15)16-11-19-21-17(20-16)18-8-10-22-9-2-3-14(23)12-22/h4-7,11,14,23H,2-3,8-10,12H2,1H3,(H,18,20,21). The molecule has 7 heteroatoms. The molecular weight excluding hydrogens is 306 g/mol. The van der Waals surface area contributed by atoms with Gasteiger partial charge in [0.15, 0.2) is 0 Å². The van der Waals surface area contributed by atoms with Crippen LogP contribution in [0.4, 0.5) is 5.95 Å². The number of hydrogen-bond donors (Lipinski definition) is 2. The Hall–Kier alpha value is -2.25. The molecule has 0 bridgehead atoms. The summed E-state index contributed by atoms with van der Waals surface area (Å²) in [7, 11) is 1.64. The maximum atomic E-state index is 9.69. The first-order valence-corrected chi connectivity index (χ1v) is 8.23. The summed E-state index contributed by atoms with van der Waals surface area (Å²) in [4.78, 5) is 6.75. The molecule has 24 heavy (non-hydrogen) atoms. The smallest absolute Gasteiger partial charge is 0.243 e. The van der Waals surface area contributed by atoms with Crippen molar-refractivity contribution in [2.75, 3.05) is 38.6 Å². The van der Waals surface area contributed by atoms with Gasteiger partial charge in [-0.05, 0) is 43.7 Å². The van der Waals surface area contributed by atoms with Crippen molar-refractivity contribution in [1.82, 2.24) is 20.1 Å². The van der Waals surface area contributed by atoms with Gasteiger partial charge in [-0.3, -0.25) is 4.90 Å². The predicted molar refractivity (Wildman–Crippen MR) is 92.0 cm³/mol. The molecule has 1 aromatic carbocycles. The molecule has 1 aromatic heterocycles. The molecule has 7 nitrogen and oxygen atoms in total. The quantitative estimate of drug-likeness (QED) is 0.829. The minimum atomic E-state index is -0.199. The molecule has 128 valence electrons. The van der Waals surface area contributed by atoms with Crippen LogP contribution in [0.2, 0.25) is 0 Å². The van der Waals surface area contributed by atoms with Crippen LogP contribution in [-0.2, 0) is 0 Å². The molecule has 2 aromatic rings. The zero-order valence-electron chi connectivity index (χ0n) is 13.9. The van der Waals surface area contributed by atoms with Crippen LogP contribution in [0, 0.1) is 0 Å². The van der Waals surface area contributed by atoms with E-state index < -0.39 is 0 Å². The van der Waals surface area contributed by atoms with E-state index in [1.54, 1.807) is 13.3 Å². The summed E-state index contributed by atoms with van der Waals surface area (Å²) in [6, 6.07) is 7.68. The van der Waals surface area contributed by atoms with Gasteiger partial charge in [0.1, 0.15) is 5.75 Å². The highest BCUT2D eigenvalue weighted by Crippen LogP contribution is 2.20. The van der Waals surface area contributed by atoms with E-state index in [0.29, 0.717) is 5.95 Å². The Morgan fingerprint density at radius 2 is 2.17 bits per heavy atom. The Balaban J connectivity index is 1.56. The molecule has 0 radical (unpaired) electrons. The lowest BCUT2D eigenvalue weighted by Gasteiger charge is -2.29. The summed E-state index contributed by atoms with van der Waals surface area (Å²) < 4.78 is 5.16. The highest BCUT2D eigenvalue weighted by atomic mass is 16.5. The number of nitrogens with one attached hydrogen (secondary N) is 1. The second-order valence-corrected chi connectivity index (χ2v) is 5.92. The zero-order valence-corrected chi connectivity index (χ0v) is 13.9. The van der Waals surface area contributed by atoms with Gasteiger partial charge in [-0.25, -0.2) is 4.98 Å². The van der Waals surface area contributed by atoms with Gasteiger partial charge in [-0.15, -0.1) is 5.10 Å². The maximum absolute atomic E-state index is 9.69. The third-order valence-electron chi connectivity index (χ3n) is 4.14. The van der Waals surface area contributed by atoms with Gasteiger partial charge in [0.2, 0.25) is 5.95 Å². The Bertz CT molecular complexity index is 650. The molecule has 0 spiro atoms. The second kappa shape index (κ2) is 8.03.